The molecule has 2 fully saturated rings. The molecule has 2 saturated heterocycles. The summed E-state index contributed by atoms with van der Waals surface area (Å²) in [6.45, 7) is 5.93. The highest BCUT2D eigenvalue weighted by Gasteiger charge is 2.28. The van der Waals surface area contributed by atoms with E-state index in [1.54, 1.807) is 17.0 Å². The summed E-state index contributed by atoms with van der Waals surface area (Å²) in [6, 6.07) is 7.15. The van der Waals surface area contributed by atoms with Gasteiger partial charge in [0.05, 0.1) is 18.5 Å². The summed E-state index contributed by atoms with van der Waals surface area (Å²) in [6.07, 6.45) is 4.46. The molecule has 9 heteroatoms. The van der Waals surface area contributed by atoms with Crippen molar-refractivity contribution < 1.29 is 18.0 Å². The molecule has 0 aromatic heterocycles. The van der Waals surface area contributed by atoms with Crippen molar-refractivity contribution >= 4 is 27.5 Å². The van der Waals surface area contributed by atoms with Crippen LogP contribution in [0, 0.1) is 6.92 Å². The minimum absolute atomic E-state index is 0.164. The lowest BCUT2D eigenvalue weighted by atomic mass is 10.1. The van der Waals surface area contributed by atoms with Crippen molar-refractivity contribution in [2.45, 2.75) is 26.2 Å². The van der Waals surface area contributed by atoms with Gasteiger partial charge in [0.1, 0.15) is 6.54 Å². The molecule has 0 spiro atoms. The maximum atomic E-state index is 12.8. The molecule has 1 aromatic rings. The maximum absolute atomic E-state index is 12.8. The van der Waals surface area contributed by atoms with Crippen molar-refractivity contribution in [3.63, 3.8) is 0 Å². The quantitative estimate of drug-likeness (QED) is 0.662. The number of amides is 2. The van der Waals surface area contributed by atoms with Gasteiger partial charge in [-0.2, -0.15) is 0 Å². The minimum atomic E-state index is -3.59. The van der Waals surface area contributed by atoms with Gasteiger partial charge in [-0.3, -0.25) is 18.8 Å². The van der Waals surface area contributed by atoms with Gasteiger partial charge in [-0.15, -0.1) is 0 Å². The van der Waals surface area contributed by atoms with Crippen molar-refractivity contribution in [2.75, 3.05) is 62.9 Å². The number of hydrogen-bond donors (Lipinski definition) is 0. The highest BCUT2D eigenvalue weighted by atomic mass is 32.2. The summed E-state index contributed by atoms with van der Waals surface area (Å²) < 4.78 is 25.8. The van der Waals surface area contributed by atoms with Crippen LogP contribution in [0.1, 0.15) is 24.8 Å². The molecule has 0 radical (unpaired) electrons. The van der Waals surface area contributed by atoms with Crippen LogP contribution in [0.25, 0.3) is 0 Å². The number of likely N-dealkylation sites (tertiary alicyclic amines) is 1. The zero-order chi connectivity index (χ0) is 21.7. The Labute approximate surface area is 179 Å². The number of aryl methyl sites for hydroxylation is 1. The Morgan fingerprint density at radius 3 is 2.10 bits per heavy atom. The number of nitrogens with zero attached hydrogens (tertiary/aromatic N) is 4. The summed E-state index contributed by atoms with van der Waals surface area (Å²) in [4.78, 5) is 31.0. The Kier molecular flexibility index (Phi) is 7.36. The number of rotatable bonds is 6. The van der Waals surface area contributed by atoms with Gasteiger partial charge in [0.15, 0.2) is 0 Å². The molecule has 166 valence electrons. The third kappa shape index (κ3) is 5.72. The van der Waals surface area contributed by atoms with E-state index < -0.39 is 10.0 Å². The van der Waals surface area contributed by atoms with E-state index in [0.29, 0.717) is 38.4 Å². The Morgan fingerprint density at radius 2 is 1.50 bits per heavy atom. The Hall–Kier alpha value is -2.13. The maximum Gasteiger partial charge on any atom is 0.243 e. The second kappa shape index (κ2) is 9.78. The van der Waals surface area contributed by atoms with Gasteiger partial charge in [-0.25, -0.2) is 8.42 Å². The number of benzene rings is 1. The van der Waals surface area contributed by atoms with Crippen molar-refractivity contribution in [1.29, 1.82) is 0 Å². The van der Waals surface area contributed by atoms with Gasteiger partial charge in [-0.1, -0.05) is 18.2 Å². The van der Waals surface area contributed by atoms with Crippen LogP contribution in [0.3, 0.4) is 0 Å². The standard InChI is InChI=1S/C21H32N4O4S/c1-18-8-4-5-9-19(18)25(30(2,28)29)17-21(27)24-14-12-22(13-15-24)16-20(26)23-10-6-3-7-11-23/h4-5,8-9H,3,6-7,10-17H2,1-2H3. The van der Waals surface area contributed by atoms with Crippen LogP contribution >= 0.6 is 0 Å². The molecule has 8 nitrogen and oxygen atoms in total. The van der Waals surface area contributed by atoms with Crippen LogP contribution in [-0.4, -0.2) is 93.5 Å². The van der Waals surface area contributed by atoms with Crippen LogP contribution in [-0.2, 0) is 19.6 Å². The predicted octanol–water partition coefficient (Wildman–Crippen LogP) is 0.918. The van der Waals surface area contributed by atoms with E-state index in [1.807, 2.05) is 24.0 Å². The van der Waals surface area contributed by atoms with E-state index in [2.05, 4.69) is 4.90 Å². The number of hydrogen-bond acceptors (Lipinski definition) is 5. The molecule has 0 N–H and O–H groups in total. The second-order valence-electron chi connectivity index (χ2n) is 8.15. The molecule has 2 heterocycles. The van der Waals surface area contributed by atoms with Gasteiger partial charge in [0.25, 0.3) is 0 Å². The van der Waals surface area contributed by atoms with Gasteiger partial charge in [0.2, 0.25) is 21.8 Å². The van der Waals surface area contributed by atoms with E-state index in [4.69, 9.17) is 0 Å². The normalized spacial score (nSPS) is 18.3. The van der Waals surface area contributed by atoms with Crippen molar-refractivity contribution in [1.82, 2.24) is 14.7 Å². The molecule has 30 heavy (non-hydrogen) atoms. The number of carbonyl (C=O) groups excluding carboxylic acids is 2. The summed E-state index contributed by atoms with van der Waals surface area (Å²) >= 11 is 0. The molecule has 2 amide bonds. The van der Waals surface area contributed by atoms with E-state index >= 15 is 0 Å². The number of piperazine rings is 1. The molecular formula is C21H32N4O4S. The average molecular weight is 437 g/mol. The van der Waals surface area contributed by atoms with Gasteiger partial charge < -0.3 is 9.80 Å². The fourth-order valence-corrected chi connectivity index (χ4v) is 4.94. The van der Waals surface area contributed by atoms with Gasteiger partial charge in [-0.05, 0) is 37.8 Å². The van der Waals surface area contributed by atoms with Crippen LogP contribution < -0.4 is 4.31 Å². The number of piperidine rings is 1. The number of carbonyl (C=O) groups is 2. The Balaban J connectivity index is 1.55. The van der Waals surface area contributed by atoms with E-state index in [-0.39, 0.29) is 18.4 Å². The van der Waals surface area contributed by atoms with Gasteiger partial charge in [0, 0.05) is 39.3 Å². The topological polar surface area (TPSA) is 81.2 Å². The predicted molar refractivity (Wildman–Crippen MR) is 117 cm³/mol. The fourth-order valence-electron chi connectivity index (χ4n) is 4.04. The molecule has 0 bridgehead atoms. The van der Waals surface area contributed by atoms with Crippen LogP contribution in [0.15, 0.2) is 24.3 Å². The first-order valence-corrected chi connectivity index (χ1v) is 12.4. The van der Waals surface area contributed by atoms with Crippen molar-refractivity contribution in [3.05, 3.63) is 29.8 Å². The van der Waals surface area contributed by atoms with E-state index in [9.17, 15) is 18.0 Å². The lowest BCUT2D eigenvalue weighted by Gasteiger charge is -2.37. The Morgan fingerprint density at radius 1 is 0.900 bits per heavy atom. The van der Waals surface area contributed by atoms with Gasteiger partial charge >= 0.3 is 0 Å². The molecule has 2 aliphatic heterocycles. The first kappa shape index (κ1) is 22.6. The highest BCUT2D eigenvalue weighted by molar-refractivity contribution is 7.92. The number of sulfonamides is 1. The zero-order valence-corrected chi connectivity index (χ0v) is 18.7. The summed E-state index contributed by atoms with van der Waals surface area (Å²) in [5.74, 6) is -0.0528. The number of anilines is 1. The van der Waals surface area contributed by atoms with Crippen molar-refractivity contribution in [3.8, 4) is 0 Å². The zero-order valence-electron chi connectivity index (χ0n) is 17.9. The summed E-state index contributed by atoms with van der Waals surface area (Å²) in [7, 11) is -3.59. The smallest absolute Gasteiger partial charge is 0.243 e. The molecular weight excluding hydrogens is 404 g/mol. The molecule has 0 saturated carbocycles. The summed E-state index contributed by atoms with van der Waals surface area (Å²) in [5, 5.41) is 0. The SMILES string of the molecule is Cc1ccccc1N(CC(=O)N1CCN(CC(=O)N2CCCCC2)CC1)S(C)(=O)=O. The van der Waals surface area contributed by atoms with Crippen LogP contribution in [0.4, 0.5) is 5.69 Å². The average Bonchev–Trinajstić information content (AvgIpc) is 2.73. The lowest BCUT2D eigenvalue weighted by molar-refractivity contribution is -0.135. The van der Waals surface area contributed by atoms with Crippen molar-refractivity contribution in [2.24, 2.45) is 0 Å². The van der Waals surface area contributed by atoms with Crippen LogP contribution in [0.5, 0.6) is 0 Å². The molecule has 1 aromatic carbocycles. The number of para-hydroxylation sites is 1. The molecule has 0 aliphatic carbocycles. The minimum Gasteiger partial charge on any atom is -0.342 e. The van der Waals surface area contributed by atoms with E-state index in [0.717, 1.165) is 37.8 Å². The Bertz CT molecular complexity index is 860. The molecule has 2 aliphatic rings. The summed E-state index contributed by atoms with van der Waals surface area (Å²) in [5.41, 5.74) is 1.33. The monoisotopic (exact) mass is 436 g/mol. The first-order valence-electron chi connectivity index (χ1n) is 10.6. The highest BCUT2D eigenvalue weighted by Crippen LogP contribution is 2.22. The lowest BCUT2D eigenvalue weighted by Crippen LogP contribution is -2.54. The fraction of sp³-hybridized carbons (Fsp3) is 0.619. The molecule has 3 rings (SSSR count). The van der Waals surface area contributed by atoms with E-state index in [1.165, 1.54) is 10.7 Å². The molecule has 0 atom stereocenters. The third-order valence-corrected chi connectivity index (χ3v) is 6.98. The largest absolute Gasteiger partial charge is 0.342 e. The third-order valence-electron chi connectivity index (χ3n) is 5.86. The van der Waals surface area contributed by atoms with Crippen LogP contribution in [0.2, 0.25) is 0 Å². The molecule has 0 unspecified atom stereocenters. The second-order valence-corrected chi connectivity index (χ2v) is 10.1. The first-order chi connectivity index (χ1) is 14.3.